The Morgan fingerprint density at radius 1 is 1.27 bits per heavy atom. The zero-order valence-corrected chi connectivity index (χ0v) is 10.1. The lowest BCUT2D eigenvalue weighted by Gasteiger charge is -2.14. The number of carbonyl (C=O) groups is 1. The Morgan fingerprint density at radius 3 is 2.73 bits per heavy atom. The Morgan fingerprint density at radius 2 is 2.07 bits per heavy atom. The molecule has 15 heavy (non-hydrogen) atoms. The average molecular weight is 212 g/mol. The largest absolute Gasteiger partial charge is 0.329 e. The van der Waals surface area contributed by atoms with E-state index in [2.05, 4.69) is 19.2 Å². The van der Waals surface area contributed by atoms with Crippen molar-refractivity contribution in [2.24, 2.45) is 0 Å². The molecule has 1 rings (SSSR count). The standard InChI is InChI=1S/C12H24N2O/c1-3-5-6-7-9-14-10-13-11(8-4-2)12(14)15/h11,13H,3-10H2,1-2H3. The Kier molecular flexibility index (Phi) is 5.69. The molecule has 1 heterocycles. The molecule has 1 atom stereocenters. The monoisotopic (exact) mass is 212 g/mol. The highest BCUT2D eigenvalue weighted by atomic mass is 16.2. The van der Waals surface area contributed by atoms with Gasteiger partial charge in [-0.15, -0.1) is 0 Å². The smallest absolute Gasteiger partial charge is 0.240 e. The van der Waals surface area contributed by atoms with Crippen LogP contribution in [0.5, 0.6) is 0 Å². The summed E-state index contributed by atoms with van der Waals surface area (Å²) in [6.45, 7) is 6.03. The Hall–Kier alpha value is -0.570. The maximum atomic E-state index is 11.8. The van der Waals surface area contributed by atoms with Gasteiger partial charge in [-0.3, -0.25) is 10.1 Å². The summed E-state index contributed by atoms with van der Waals surface area (Å²) >= 11 is 0. The minimum absolute atomic E-state index is 0.0983. The molecule has 0 aromatic rings. The number of carbonyl (C=O) groups excluding carboxylic acids is 1. The lowest BCUT2D eigenvalue weighted by atomic mass is 10.1. The van der Waals surface area contributed by atoms with Gasteiger partial charge in [-0.1, -0.05) is 39.5 Å². The van der Waals surface area contributed by atoms with Crippen molar-refractivity contribution in [1.82, 2.24) is 10.2 Å². The van der Waals surface area contributed by atoms with E-state index in [1.807, 2.05) is 4.90 Å². The van der Waals surface area contributed by atoms with Crippen LogP contribution in [0.3, 0.4) is 0 Å². The summed E-state index contributed by atoms with van der Waals surface area (Å²) in [4.78, 5) is 13.8. The second kappa shape index (κ2) is 6.83. The average Bonchev–Trinajstić information content (AvgIpc) is 2.57. The predicted molar refractivity (Wildman–Crippen MR) is 62.6 cm³/mol. The number of nitrogens with zero attached hydrogens (tertiary/aromatic N) is 1. The third-order valence-corrected chi connectivity index (χ3v) is 3.00. The van der Waals surface area contributed by atoms with Gasteiger partial charge in [0, 0.05) is 6.54 Å². The lowest BCUT2D eigenvalue weighted by molar-refractivity contribution is -0.129. The molecule has 0 aliphatic carbocycles. The van der Waals surface area contributed by atoms with Crippen molar-refractivity contribution in [2.75, 3.05) is 13.2 Å². The van der Waals surface area contributed by atoms with Gasteiger partial charge in [0.2, 0.25) is 5.91 Å². The molecule has 0 bridgehead atoms. The molecule has 1 N–H and O–H groups in total. The molecule has 1 aliphatic rings. The lowest BCUT2D eigenvalue weighted by Crippen LogP contribution is -2.31. The minimum Gasteiger partial charge on any atom is -0.329 e. The minimum atomic E-state index is 0.0983. The van der Waals surface area contributed by atoms with E-state index in [1.54, 1.807) is 0 Å². The quantitative estimate of drug-likeness (QED) is 0.656. The fourth-order valence-electron chi connectivity index (χ4n) is 2.04. The molecule has 1 aliphatic heterocycles. The van der Waals surface area contributed by atoms with Crippen LogP contribution in [0, 0.1) is 0 Å². The first-order valence-corrected chi connectivity index (χ1v) is 6.31. The van der Waals surface area contributed by atoms with Gasteiger partial charge in [-0.25, -0.2) is 0 Å². The number of unbranched alkanes of at least 4 members (excludes halogenated alkanes) is 3. The van der Waals surface area contributed by atoms with Crippen molar-refractivity contribution in [1.29, 1.82) is 0 Å². The zero-order chi connectivity index (χ0) is 11.1. The molecule has 88 valence electrons. The molecule has 1 saturated heterocycles. The maximum Gasteiger partial charge on any atom is 0.240 e. The van der Waals surface area contributed by atoms with Gasteiger partial charge in [-0.2, -0.15) is 0 Å². The topological polar surface area (TPSA) is 32.3 Å². The van der Waals surface area contributed by atoms with E-state index < -0.39 is 0 Å². The van der Waals surface area contributed by atoms with Crippen molar-refractivity contribution in [3.63, 3.8) is 0 Å². The summed E-state index contributed by atoms with van der Waals surface area (Å²) in [5, 5.41) is 3.27. The third-order valence-electron chi connectivity index (χ3n) is 3.00. The van der Waals surface area contributed by atoms with E-state index in [0.717, 1.165) is 32.5 Å². The molecule has 3 nitrogen and oxygen atoms in total. The molecule has 3 heteroatoms. The molecular weight excluding hydrogens is 188 g/mol. The highest BCUT2D eigenvalue weighted by Gasteiger charge is 2.29. The Bertz CT molecular complexity index is 194. The van der Waals surface area contributed by atoms with Gasteiger partial charge in [0.15, 0.2) is 0 Å². The first kappa shape index (κ1) is 12.5. The summed E-state index contributed by atoms with van der Waals surface area (Å²) in [5.74, 6) is 0.313. The highest BCUT2D eigenvalue weighted by molar-refractivity contribution is 5.83. The van der Waals surface area contributed by atoms with Crippen molar-refractivity contribution < 1.29 is 4.79 Å². The van der Waals surface area contributed by atoms with Gasteiger partial charge in [0.1, 0.15) is 0 Å². The van der Waals surface area contributed by atoms with Crippen LogP contribution < -0.4 is 5.32 Å². The number of rotatable bonds is 7. The van der Waals surface area contributed by atoms with Crippen molar-refractivity contribution in [2.45, 2.75) is 58.4 Å². The molecule has 0 aromatic carbocycles. The maximum absolute atomic E-state index is 11.8. The first-order valence-electron chi connectivity index (χ1n) is 6.31. The van der Waals surface area contributed by atoms with E-state index >= 15 is 0 Å². The molecule has 0 radical (unpaired) electrons. The number of hydrogen-bond acceptors (Lipinski definition) is 2. The fraction of sp³-hybridized carbons (Fsp3) is 0.917. The van der Waals surface area contributed by atoms with E-state index in [1.165, 1.54) is 19.3 Å². The predicted octanol–water partition coefficient (Wildman–Crippen LogP) is 2.12. The molecule has 0 saturated carbocycles. The fourth-order valence-corrected chi connectivity index (χ4v) is 2.04. The van der Waals surface area contributed by atoms with Crippen LogP contribution in [-0.4, -0.2) is 30.1 Å². The summed E-state index contributed by atoms with van der Waals surface area (Å²) in [7, 11) is 0. The van der Waals surface area contributed by atoms with Crippen LogP contribution in [-0.2, 0) is 4.79 Å². The normalized spacial score (nSPS) is 21.3. The van der Waals surface area contributed by atoms with Gasteiger partial charge >= 0.3 is 0 Å². The Labute approximate surface area is 93.2 Å². The van der Waals surface area contributed by atoms with Crippen LogP contribution in [0.4, 0.5) is 0 Å². The zero-order valence-electron chi connectivity index (χ0n) is 10.1. The molecular formula is C12H24N2O. The van der Waals surface area contributed by atoms with Gasteiger partial charge in [-0.05, 0) is 12.8 Å². The number of hydrogen-bond donors (Lipinski definition) is 1. The summed E-state index contributed by atoms with van der Waals surface area (Å²) in [5.41, 5.74) is 0. The van der Waals surface area contributed by atoms with Gasteiger partial charge in [0.25, 0.3) is 0 Å². The number of amides is 1. The molecule has 0 spiro atoms. The van der Waals surface area contributed by atoms with Gasteiger partial charge < -0.3 is 4.90 Å². The summed E-state index contributed by atoms with van der Waals surface area (Å²) < 4.78 is 0. The second-order valence-corrected chi connectivity index (χ2v) is 4.37. The second-order valence-electron chi connectivity index (χ2n) is 4.37. The van der Waals surface area contributed by atoms with Crippen molar-refractivity contribution in [3.05, 3.63) is 0 Å². The van der Waals surface area contributed by atoms with Crippen LogP contribution in [0.25, 0.3) is 0 Å². The molecule has 1 unspecified atom stereocenters. The molecule has 1 fully saturated rings. The first-order chi connectivity index (χ1) is 7.29. The van der Waals surface area contributed by atoms with E-state index in [4.69, 9.17) is 0 Å². The van der Waals surface area contributed by atoms with Crippen LogP contribution in [0.15, 0.2) is 0 Å². The van der Waals surface area contributed by atoms with E-state index in [-0.39, 0.29) is 6.04 Å². The van der Waals surface area contributed by atoms with Crippen LogP contribution in [0.1, 0.15) is 52.4 Å². The van der Waals surface area contributed by atoms with Gasteiger partial charge in [0.05, 0.1) is 12.7 Å². The van der Waals surface area contributed by atoms with Crippen molar-refractivity contribution >= 4 is 5.91 Å². The number of nitrogens with one attached hydrogen (secondary N) is 1. The summed E-state index contributed by atoms with van der Waals surface area (Å²) in [6.07, 6.45) is 6.99. The van der Waals surface area contributed by atoms with E-state index in [0.29, 0.717) is 5.91 Å². The third kappa shape index (κ3) is 3.82. The van der Waals surface area contributed by atoms with Crippen LogP contribution >= 0.6 is 0 Å². The van der Waals surface area contributed by atoms with E-state index in [9.17, 15) is 4.79 Å². The molecule has 0 aromatic heterocycles. The Balaban J connectivity index is 2.18. The van der Waals surface area contributed by atoms with Crippen LogP contribution in [0.2, 0.25) is 0 Å². The van der Waals surface area contributed by atoms with Crippen molar-refractivity contribution in [3.8, 4) is 0 Å². The SMILES string of the molecule is CCCCCCN1CNC(CCC)C1=O. The molecule has 1 amide bonds. The summed E-state index contributed by atoms with van der Waals surface area (Å²) in [6, 6.07) is 0.0983. The highest BCUT2D eigenvalue weighted by Crippen LogP contribution is 2.10.